The Hall–Kier alpha value is -3.10. The molecule has 4 aromatic rings. The smallest absolute Gasteiger partial charge is 0.444 e. The summed E-state index contributed by atoms with van der Waals surface area (Å²) in [6.07, 6.45) is 15.7. The van der Waals surface area contributed by atoms with Crippen molar-refractivity contribution in [2.75, 3.05) is 12.7 Å². The molecule has 285 valence electrons. The van der Waals surface area contributed by atoms with Crippen LogP contribution in [-0.2, 0) is 24.2 Å². The molecule has 1 aliphatic heterocycles. The molecule has 11 heteroatoms. The van der Waals surface area contributed by atoms with Gasteiger partial charge < -0.3 is 26.9 Å². The van der Waals surface area contributed by atoms with E-state index < -0.39 is 28.7 Å². The fourth-order valence-electron chi connectivity index (χ4n) is 6.19. The maximum Gasteiger partial charge on any atom is 0.673 e. The first-order chi connectivity index (χ1) is 24.9. The van der Waals surface area contributed by atoms with Crippen LogP contribution in [0.5, 0.6) is 0 Å². The number of allylic oxidation sites excluding steroid dienone is 4. The van der Waals surface area contributed by atoms with Gasteiger partial charge in [0.25, 0.3) is 0 Å². The third kappa shape index (κ3) is 16.0. The molecule has 1 aliphatic carbocycles. The molecular weight excluding hydrogens is 802 g/mol. The quantitative estimate of drug-likeness (QED) is 0.0802. The van der Waals surface area contributed by atoms with E-state index in [9.17, 15) is 22.1 Å². The summed E-state index contributed by atoms with van der Waals surface area (Å²) < 4.78 is 45.0. The van der Waals surface area contributed by atoms with Gasteiger partial charge in [-0.05, 0) is 96.1 Å². The SMILES string of the molecule is C1=C\CC/C=C\CC/1.CC(C)(C)OC(=O)N1C[C@@H](P(c2ccccc2)c2ccccc2)C[C@H]1CP(c1ccccc1)c1ccccc1.F[B-](F)(F)F.[Rh]. The second-order valence-electron chi connectivity index (χ2n) is 13.6. The third-order valence-electron chi connectivity index (χ3n) is 8.32. The van der Waals surface area contributed by atoms with E-state index in [1.54, 1.807) is 0 Å². The predicted octanol–water partition coefficient (Wildman–Crippen LogP) is 10.6. The predicted molar refractivity (Wildman–Crippen MR) is 215 cm³/mol. The molecule has 3 nitrogen and oxygen atoms in total. The Bertz CT molecular complexity index is 1570. The van der Waals surface area contributed by atoms with Gasteiger partial charge in [0.2, 0.25) is 0 Å². The van der Waals surface area contributed by atoms with Crippen LogP contribution >= 0.6 is 15.8 Å². The molecule has 53 heavy (non-hydrogen) atoms. The fraction of sp³-hybridized carbons (Fsp3) is 0.310. The number of rotatable bonds is 7. The van der Waals surface area contributed by atoms with E-state index in [0.717, 1.165) is 12.6 Å². The van der Waals surface area contributed by atoms with Crippen molar-refractivity contribution < 1.29 is 46.3 Å². The minimum Gasteiger partial charge on any atom is -0.444 e. The number of hydrogen-bond acceptors (Lipinski definition) is 2. The summed E-state index contributed by atoms with van der Waals surface area (Å²) in [5, 5.41) is 5.42. The average molecular weight is 852 g/mol. The monoisotopic (exact) mass is 851 g/mol. The molecule has 2 atom stereocenters. The summed E-state index contributed by atoms with van der Waals surface area (Å²) in [5.74, 6) is 0. The summed E-state index contributed by atoms with van der Waals surface area (Å²) >= 11 is 0. The molecule has 0 N–H and O–H groups in total. The van der Waals surface area contributed by atoms with Crippen molar-refractivity contribution in [2.45, 2.75) is 70.2 Å². The van der Waals surface area contributed by atoms with E-state index in [2.05, 4.69) is 151 Å². The van der Waals surface area contributed by atoms with Gasteiger partial charge in [-0.25, -0.2) is 4.79 Å². The van der Waals surface area contributed by atoms with Gasteiger partial charge in [0.15, 0.2) is 0 Å². The fourth-order valence-corrected chi connectivity index (χ4v) is 11.7. The normalized spacial score (nSPS) is 18.2. The van der Waals surface area contributed by atoms with Crippen LogP contribution in [0.25, 0.3) is 0 Å². The molecule has 4 aromatic carbocycles. The molecule has 1 radical (unpaired) electrons. The zero-order chi connectivity index (χ0) is 37.4. The first-order valence-corrected chi connectivity index (χ1v) is 20.8. The van der Waals surface area contributed by atoms with Gasteiger partial charge in [0.05, 0.1) is 0 Å². The molecule has 0 bridgehead atoms. The van der Waals surface area contributed by atoms with E-state index >= 15 is 0 Å². The van der Waals surface area contributed by atoms with Gasteiger partial charge in [0, 0.05) is 37.7 Å². The first-order valence-electron chi connectivity index (χ1n) is 17.8. The van der Waals surface area contributed by atoms with E-state index in [0.29, 0.717) is 12.2 Å². The van der Waals surface area contributed by atoms with Crippen molar-refractivity contribution in [1.82, 2.24) is 4.90 Å². The van der Waals surface area contributed by atoms with E-state index in [1.165, 1.54) is 46.9 Å². The zero-order valence-corrected chi connectivity index (χ0v) is 34.0. The Morgan fingerprint density at radius 2 is 1.00 bits per heavy atom. The Morgan fingerprint density at radius 3 is 1.34 bits per heavy atom. The molecule has 1 amide bonds. The number of likely N-dealkylation sites (tertiary alicyclic amines) is 1. The molecule has 1 fully saturated rings. The van der Waals surface area contributed by atoms with Crippen LogP contribution in [0.1, 0.15) is 52.9 Å². The van der Waals surface area contributed by atoms with Crippen LogP contribution in [0.15, 0.2) is 146 Å². The second kappa shape index (κ2) is 22.3. The Kier molecular flexibility index (Phi) is 18.7. The van der Waals surface area contributed by atoms with Crippen molar-refractivity contribution in [2.24, 2.45) is 0 Å². The topological polar surface area (TPSA) is 29.5 Å². The summed E-state index contributed by atoms with van der Waals surface area (Å²) in [7, 11) is -7.27. The molecule has 0 spiro atoms. The number of carbonyl (C=O) groups excluding carboxylic acids is 1. The maximum atomic E-state index is 13.7. The number of nitrogens with zero attached hydrogens (tertiary/aromatic N) is 1. The number of benzene rings is 4. The van der Waals surface area contributed by atoms with Crippen LogP contribution in [0.2, 0.25) is 0 Å². The summed E-state index contributed by atoms with van der Waals surface area (Å²) in [5.41, 5.74) is -0.182. The largest absolute Gasteiger partial charge is 0.673 e. The van der Waals surface area contributed by atoms with Crippen molar-refractivity contribution in [3.05, 3.63) is 146 Å². The molecule has 2 aliphatic rings. The molecule has 1 heterocycles. The summed E-state index contributed by atoms with van der Waals surface area (Å²) in [6, 6.07) is 43.4. The standard InChI is InChI=1S/C34H37NO2P2.C8H12.BF4.Rh/c1-34(2,3)37-33(36)35-25-32(39(30-20-12-6-13-21-30)31-22-14-7-15-23-31)24-27(35)26-38(28-16-8-4-9-17-28)29-18-10-5-11-19-29;1-2-4-6-8-7-5-3-1;2-1(3,4)5;/h4-23,27,32H,24-26H2,1-3H3;1-2,7-8H,3-6H2;;/q;;-1;/b;2-1-,8-7-;;/t27-,32-;;;/m0.../s1. The van der Waals surface area contributed by atoms with Gasteiger partial charge in [-0.15, -0.1) is 0 Å². The van der Waals surface area contributed by atoms with Crippen LogP contribution in [-0.4, -0.2) is 48.3 Å². The Labute approximate surface area is 328 Å². The van der Waals surface area contributed by atoms with E-state index in [4.69, 9.17) is 4.74 Å². The van der Waals surface area contributed by atoms with Gasteiger partial charge in [0.1, 0.15) is 5.60 Å². The Balaban J connectivity index is 0.000000458. The minimum absolute atomic E-state index is 0. The van der Waals surface area contributed by atoms with Gasteiger partial charge >= 0.3 is 13.3 Å². The van der Waals surface area contributed by atoms with Crippen molar-refractivity contribution in [1.29, 1.82) is 0 Å². The molecule has 6 rings (SSSR count). The van der Waals surface area contributed by atoms with Crippen molar-refractivity contribution in [3.63, 3.8) is 0 Å². The Morgan fingerprint density at radius 1 is 0.660 bits per heavy atom. The zero-order valence-electron chi connectivity index (χ0n) is 30.5. The number of carbonyl (C=O) groups is 1. The number of amides is 1. The van der Waals surface area contributed by atoms with E-state index in [-0.39, 0.29) is 31.6 Å². The summed E-state index contributed by atoms with van der Waals surface area (Å²) in [4.78, 5) is 15.7. The van der Waals surface area contributed by atoms with Crippen LogP contribution in [0, 0.1) is 0 Å². The number of hydrogen-bond donors (Lipinski definition) is 0. The molecule has 0 saturated carbocycles. The molecule has 0 aromatic heterocycles. The minimum atomic E-state index is -6.00. The molecule has 0 unspecified atom stereocenters. The van der Waals surface area contributed by atoms with Crippen LogP contribution in [0.3, 0.4) is 0 Å². The van der Waals surface area contributed by atoms with Gasteiger partial charge in [-0.3, -0.25) is 0 Å². The second-order valence-corrected chi connectivity index (χ2v) is 18.3. The maximum absolute atomic E-state index is 13.7. The van der Waals surface area contributed by atoms with Crippen LogP contribution in [0.4, 0.5) is 22.1 Å². The van der Waals surface area contributed by atoms with Gasteiger partial charge in [-0.1, -0.05) is 146 Å². The number of ether oxygens (including phenoxy) is 1. The van der Waals surface area contributed by atoms with Crippen LogP contribution < -0.4 is 21.2 Å². The van der Waals surface area contributed by atoms with Crippen molar-refractivity contribution >= 4 is 50.4 Å². The average Bonchev–Trinajstić information content (AvgIpc) is 3.51. The van der Waals surface area contributed by atoms with Crippen molar-refractivity contribution in [3.8, 4) is 0 Å². The molecule has 1 saturated heterocycles. The van der Waals surface area contributed by atoms with E-state index in [1.807, 2.05) is 20.8 Å². The summed E-state index contributed by atoms with van der Waals surface area (Å²) in [6.45, 7) is 6.57. The third-order valence-corrected chi connectivity index (χ3v) is 13.8. The van der Waals surface area contributed by atoms with Gasteiger partial charge in [-0.2, -0.15) is 0 Å². The molecular formula is C42H49BF4NO2P2Rh-. The first kappa shape index (κ1) is 44.3. The number of halogens is 4.